The molecular weight excluding hydrogens is 544 g/mol. The maximum Gasteiger partial charge on any atom is 0.0402 e. The van der Waals surface area contributed by atoms with Crippen molar-refractivity contribution in [1.82, 2.24) is 0 Å². The van der Waals surface area contributed by atoms with Gasteiger partial charge in [-0.15, -0.1) is 0 Å². The van der Waals surface area contributed by atoms with Gasteiger partial charge in [0, 0.05) is 14.5 Å². The van der Waals surface area contributed by atoms with Crippen LogP contribution in [0.2, 0.25) is 0 Å². The molecule has 0 heterocycles. The maximum atomic E-state index is 3.86. The van der Waals surface area contributed by atoms with Crippen molar-refractivity contribution in [2.24, 2.45) is 0 Å². The summed E-state index contributed by atoms with van der Waals surface area (Å²) in [7, 11) is 0. The van der Waals surface area contributed by atoms with E-state index >= 15 is 0 Å². The van der Waals surface area contributed by atoms with Crippen molar-refractivity contribution in [3.05, 3.63) is 118 Å². The van der Waals surface area contributed by atoms with Crippen molar-refractivity contribution in [3.63, 3.8) is 0 Å². The fraction of sp³-hybridized carbons (Fsp3) is 0. The van der Waals surface area contributed by atoms with Gasteiger partial charge in [0.1, 0.15) is 0 Å². The monoisotopic (exact) mass is 560 g/mol. The number of fused-ring (bicyclic) bond motifs is 6. The van der Waals surface area contributed by atoms with Crippen LogP contribution in [0.15, 0.2) is 118 Å². The van der Waals surface area contributed by atoms with E-state index in [-0.39, 0.29) is 0 Å². The first-order chi connectivity index (χ1) is 16.7. The largest absolute Gasteiger partial charge is 0.0622 e. The van der Waals surface area contributed by atoms with Gasteiger partial charge >= 0.3 is 0 Å². The molecule has 0 amide bonds. The molecule has 0 fully saturated rings. The molecule has 7 aromatic carbocycles. The maximum absolute atomic E-state index is 3.86. The van der Waals surface area contributed by atoms with E-state index in [0.717, 1.165) is 8.95 Å². The number of hydrogen-bond acceptors (Lipinski definition) is 0. The average Bonchev–Trinajstić information content (AvgIpc) is 2.86. The zero-order chi connectivity index (χ0) is 22.8. The summed E-state index contributed by atoms with van der Waals surface area (Å²) in [6.07, 6.45) is 0. The highest BCUT2D eigenvalue weighted by molar-refractivity contribution is 9.13. The fourth-order valence-electron chi connectivity index (χ4n) is 5.23. The van der Waals surface area contributed by atoms with Gasteiger partial charge in [0.05, 0.1) is 0 Å². The highest BCUT2D eigenvalue weighted by Crippen LogP contribution is 2.43. The van der Waals surface area contributed by atoms with Crippen molar-refractivity contribution >= 4 is 85.7 Å². The normalized spacial score (nSPS) is 11.8. The molecule has 0 aliphatic heterocycles. The summed E-state index contributed by atoms with van der Waals surface area (Å²) in [4.78, 5) is 0. The highest BCUT2D eigenvalue weighted by atomic mass is 79.9. The summed E-state index contributed by atoms with van der Waals surface area (Å²) in [5, 5.41) is 12.7. The summed E-state index contributed by atoms with van der Waals surface area (Å²) in [5.74, 6) is 0. The number of hydrogen-bond donors (Lipinski definition) is 0. The molecule has 34 heavy (non-hydrogen) atoms. The predicted molar refractivity (Wildman–Crippen MR) is 155 cm³/mol. The lowest BCUT2D eigenvalue weighted by atomic mass is 9.92. The van der Waals surface area contributed by atoms with Gasteiger partial charge in [0.2, 0.25) is 0 Å². The van der Waals surface area contributed by atoms with E-state index < -0.39 is 0 Å². The van der Waals surface area contributed by atoms with Crippen LogP contribution in [-0.2, 0) is 0 Å². The molecule has 0 spiro atoms. The van der Waals surface area contributed by atoms with Gasteiger partial charge in [-0.05, 0) is 134 Å². The Bertz CT molecular complexity index is 1920. The summed E-state index contributed by atoms with van der Waals surface area (Å²) >= 11 is 7.63. The molecule has 0 unspecified atom stereocenters. The molecular formula is C32H18Br2. The van der Waals surface area contributed by atoms with E-state index in [9.17, 15) is 0 Å². The molecule has 0 aromatic heterocycles. The summed E-state index contributed by atoms with van der Waals surface area (Å²) in [5.41, 5.74) is 2.42. The minimum atomic E-state index is 1.07. The van der Waals surface area contributed by atoms with Gasteiger partial charge < -0.3 is 0 Å². The summed E-state index contributed by atoms with van der Waals surface area (Å²) < 4.78 is 2.15. The van der Waals surface area contributed by atoms with Crippen LogP contribution < -0.4 is 0 Å². The minimum Gasteiger partial charge on any atom is -0.0622 e. The van der Waals surface area contributed by atoms with Crippen LogP contribution in [-0.4, -0.2) is 0 Å². The van der Waals surface area contributed by atoms with Gasteiger partial charge in [-0.25, -0.2) is 0 Å². The predicted octanol–water partition coefficient (Wildman–Crippen LogP) is 10.6. The lowest BCUT2D eigenvalue weighted by Crippen LogP contribution is -1.87. The second-order valence-corrected chi connectivity index (χ2v) is 10.5. The molecule has 0 saturated heterocycles. The van der Waals surface area contributed by atoms with Crippen molar-refractivity contribution in [2.75, 3.05) is 0 Å². The topological polar surface area (TPSA) is 0 Å². The molecule has 0 N–H and O–H groups in total. The first-order valence-corrected chi connectivity index (χ1v) is 12.9. The molecule has 0 aliphatic carbocycles. The second kappa shape index (κ2) is 7.66. The smallest absolute Gasteiger partial charge is 0.0402 e. The van der Waals surface area contributed by atoms with E-state index in [1.165, 1.54) is 65.0 Å². The average molecular weight is 562 g/mol. The van der Waals surface area contributed by atoms with Gasteiger partial charge in [-0.3, -0.25) is 0 Å². The molecule has 0 bridgehead atoms. The number of rotatable bonds is 1. The van der Waals surface area contributed by atoms with Gasteiger partial charge in [0.15, 0.2) is 0 Å². The standard InChI is InChI=1S/C32H18Br2/c33-30-17-26-15-23-11-10-22-14-24-12-20-8-4-5-9-21(20)13-25(24)16-27(22)28(23)18-29(26)31(32(30)34)19-6-2-1-3-7-19/h1-18H. The second-order valence-electron chi connectivity index (χ2n) is 8.89. The van der Waals surface area contributed by atoms with Crippen LogP contribution in [0.4, 0.5) is 0 Å². The summed E-state index contributed by atoms with van der Waals surface area (Å²) in [6.45, 7) is 0. The van der Waals surface area contributed by atoms with Gasteiger partial charge in [-0.2, -0.15) is 0 Å². The van der Waals surface area contributed by atoms with E-state index in [4.69, 9.17) is 0 Å². The molecule has 7 aromatic rings. The van der Waals surface area contributed by atoms with Crippen molar-refractivity contribution in [3.8, 4) is 11.1 Å². The zero-order valence-electron chi connectivity index (χ0n) is 18.1. The Morgan fingerprint density at radius 1 is 0.382 bits per heavy atom. The van der Waals surface area contributed by atoms with Crippen molar-refractivity contribution < 1.29 is 0 Å². The van der Waals surface area contributed by atoms with Crippen LogP contribution in [0.5, 0.6) is 0 Å². The number of benzene rings is 7. The van der Waals surface area contributed by atoms with Crippen LogP contribution >= 0.6 is 31.9 Å². The lowest BCUT2D eigenvalue weighted by molar-refractivity contribution is 1.60. The molecule has 160 valence electrons. The van der Waals surface area contributed by atoms with E-state index in [1.807, 2.05) is 0 Å². The van der Waals surface area contributed by atoms with Crippen molar-refractivity contribution in [2.45, 2.75) is 0 Å². The quantitative estimate of drug-likeness (QED) is 0.138. The molecule has 0 nitrogen and oxygen atoms in total. The molecule has 0 radical (unpaired) electrons. The number of halogens is 2. The van der Waals surface area contributed by atoms with Gasteiger partial charge in [0.25, 0.3) is 0 Å². The highest BCUT2D eigenvalue weighted by Gasteiger charge is 2.14. The Labute approximate surface area is 214 Å². The minimum absolute atomic E-state index is 1.07. The van der Waals surface area contributed by atoms with Crippen LogP contribution in [0, 0.1) is 0 Å². The zero-order valence-corrected chi connectivity index (χ0v) is 21.3. The molecule has 0 saturated carbocycles. The van der Waals surface area contributed by atoms with Crippen molar-refractivity contribution in [1.29, 1.82) is 0 Å². The van der Waals surface area contributed by atoms with E-state index in [2.05, 4.69) is 141 Å². The Hall–Kier alpha value is -3.20. The first-order valence-electron chi connectivity index (χ1n) is 11.3. The third-order valence-electron chi connectivity index (χ3n) is 6.87. The van der Waals surface area contributed by atoms with Crippen LogP contribution in [0.1, 0.15) is 0 Å². The van der Waals surface area contributed by atoms with E-state index in [1.54, 1.807) is 0 Å². The third-order valence-corrected chi connectivity index (χ3v) is 8.85. The Morgan fingerprint density at radius 3 is 1.65 bits per heavy atom. The first kappa shape index (κ1) is 20.2. The third kappa shape index (κ3) is 3.10. The van der Waals surface area contributed by atoms with Crippen LogP contribution in [0.3, 0.4) is 0 Å². The molecule has 0 atom stereocenters. The lowest BCUT2D eigenvalue weighted by Gasteiger charge is -2.14. The Balaban J connectivity index is 1.60. The SMILES string of the molecule is Brc1cc2cc3ccc4cc5cc6ccccc6cc5cc4c3cc2c(-c2ccccc2)c1Br. The Morgan fingerprint density at radius 2 is 0.941 bits per heavy atom. The molecule has 0 aliphatic rings. The molecule has 2 heteroatoms. The Kier molecular flexibility index (Phi) is 4.55. The van der Waals surface area contributed by atoms with Gasteiger partial charge in [-0.1, -0.05) is 66.7 Å². The molecule has 7 rings (SSSR count). The van der Waals surface area contributed by atoms with E-state index in [0.29, 0.717) is 0 Å². The fourth-order valence-corrected chi connectivity index (χ4v) is 6.23. The summed E-state index contributed by atoms with van der Waals surface area (Å²) in [6, 6.07) is 39.9. The van der Waals surface area contributed by atoms with Crippen LogP contribution in [0.25, 0.3) is 65.0 Å².